The molecular weight excluding hydrogens is 218 g/mol. The fourth-order valence-corrected chi connectivity index (χ4v) is 2.12. The van der Waals surface area contributed by atoms with Crippen LogP contribution in [0.15, 0.2) is 29.6 Å². The number of hydrogen-bond acceptors (Lipinski definition) is 4. The normalized spacial score (nSPS) is 9.81. The monoisotopic (exact) mass is 229 g/mol. The molecule has 0 unspecified atom stereocenters. The fourth-order valence-electron chi connectivity index (χ4n) is 1.35. The van der Waals surface area contributed by atoms with E-state index < -0.39 is 0 Å². The number of nitrogens with zero attached hydrogens (tertiary/aromatic N) is 3. The summed E-state index contributed by atoms with van der Waals surface area (Å²) >= 11 is 1.60. The molecule has 0 spiro atoms. The smallest absolute Gasteiger partial charge is 0.185 e. The first-order chi connectivity index (χ1) is 7.70. The maximum atomic E-state index is 8.83. The first-order valence-corrected chi connectivity index (χ1v) is 5.72. The van der Waals surface area contributed by atoms with Gasteiger partial charge in [0, 0.05) is 25.0 Å². The van der Waals surface area contributed by atoms with Crippen LogP contribution in [0.1, 0.15) is 5.56 Å². The molecule has 0 saturated heterocycles. The molecule has 2 aromatic rings. The van der Waals surface area contributed by atoms with Crippen LogP contribution in [0.5, 0.6) is 0 Å². The highest BCUT2D eigenvalue weighted by molar-refractivity contribution is 7.14. The van der Waals surface area contributed by atoms with E-state index in [1.165, 1.54) is 0 Å². The van der Waals surface area contributed by atoms with Crippen LogP contribution >= 0.6 is 11.3 Å². The zero-order chi connectivity index (χ0) is 11.5. The van der Waals surface area contributed by atoms with Gasteiger partial charge in [0.2, 0.25) is 0 Å². The lowest BCUT2D eigenvalue weighted by Gasteiger charge is -2.05. The van der Waals surface area contributed by atoms with E-state index in [0.29, 0.717) is 5.56 Å². The summed E-state index contributed by atoms with van der Waals surface area (Å²) in [6.07, 6.45) is 0. The number of aromatic nitrogens is 1. The van der Waals surface area contributed by atoms with E-state index in [1.54, 1.807) is 17.4 Å². The Morgan fingerprint density at radius 2 is 2.19 bits per heavy atom. The quantitative estimate of drug-likeness (QED) is 0.795. The van der Waals surface area contributed by atoms with E-state index in [0.717, 1.165) is 16.4 Å². The van der Waals surface area contributed by atoms with Gasteiger partial charge in [-0.1, -0.05) is 12.1 Å². The zero-order valence-electron chi connectivity index (χ0n) is 9.14. The third-order valence-corrected chi connectivity index (χ3v) is 3.17. The molecule has 0 bridgehead atoms. The molecular formula is C12H11N3S. The van der Waals surface area contributed by atoms with Gasteiger partial charge in [0.05, 0.1) is 17.3 Å². The highest BCUT2D eigenvalue weighted by Crippen LogP contribution is 2.26. The Hall–Kier alpha value is -1.86. The Morgan fingerprint density at radius 1 is 1.38 bits per heavy atom. The number of nitriles is 1. The van der Waals surface area contributed by atoms with E-state index in [2.05, 4.69) is 11.1 Å². The molecule has 0 fully saturated rings. The molecule has 2 rings (SSSR count). The van der Waals surface area contributed by atoms with Gasteiger partial charge >= 0.3 is 0 Å². The van der Waals surface area contributed by atoms with Crippen molar-refractivity contribution in [3.8, 4) is 17.3 Å². The van der Waals surface area contributed by atoms with Gasteiger partial charge < -0.3 is 4.90 Å². The summed E-state index contributed by atoms with van der Waals surface area (Å²) in [5.41, 5.74) is 2.58. The number of benzene rings is 1. The maximum absolute atomic E-state index is 8.83. The van der Waals surface area contributed by atoms with Gasteiger partial charge in [-0.3, -0.25) is 0 Å². The van der Waals surface area contributed by atoms with E-state index >= 15 is 0 Å². The highest BCUT2D eigenvalue weighted by atomic mass is 32.1. The Kier molecular flexibility index (Phi) is 2.88. The number of thiazole rings is 1. The molecule has 0 aliphatic heterocycles. The van der Waals surface area contributed by atoms with Crippen molar-refractivity contribution >= 4 is 16.5 Å². The lowest BCUT2D eigenvalue weighted by atomic mass is 10.1. The van der Waals surface area contributed by atoms with Crippen molar-refractivity contribution in [2.24, 2.45) is 0 Å². The summed E-state index contributed by atoms with van der Waals surface area (Å²) in [5, 5.41) is 11.8. The summed E-state index contributed by atoms with van der Waals surface area (Å²) in [7, 11) is 3.93. The second kappa shape index (κ2) is 4.33. The molecule has 0 amide bonds. The summed E-state index contributed by atoms with van der Waals surface area (Å²) in [6.45, 7) is 0. The van der Waals surface area contributed by atoms with E-state index in [-0.39, 0.29) is 0 Å². The highest BCUT2D eigenvalue weighted by Gasteiger charge is 2.06. The first kappa shape index (κ1) is 10.7. The third kappa shape index (κ3) is 2.05. The van der Waals surface area contributed by atoms with Crippen LogP contribution in [-0.4, -0.2) is 19.1 Å². The predicted molar refractivity (Wildman–Crippen MR) is 66.6 cm³/mol. The van der Waals surface area contributed by atoms with Crippen molar-refractivity contribution in [1.29, 1.82) is 5.26 Å². The minimum atomic E-state index is 0.664. The molecule has 4 heteroatoms. The summed E-state index contributed by atoms with van der Waals surface area (Å²) in [4.78, 5) is 6.46. The molecule has 3 nitrogen and oxygen atoms in total. The van der Waals surface area contributed by atoms with Gasteiger partial charge in [0.1, 0.15) is 0 Å². The summed E-state index contributed by atoms with van der Waals surface area (Å²) in [6, 6.07) is 9.63. The number of anilines is 1. The average molecular weight is 229 g/mol. The molecule has 0 radical (unpaired) electrons. The molecule has 0 N–H and O–H groups in total. The van der Waals surface area contributed by atoms with Gasteiger partial charge in [-0.15, -0.1) is 11.3 Å². The second-order valence-corrected chi connectivity index (χ2v) is 4.44. The van der Waals surface area contributed by atoms with Crippen molar-refractivity contribution in [3.05, 3.63) is 35.2 Å². The molecule has 0 aliphatic carbocycles. The molecule has 16 heavy (non-hydrogen) atoms. The fraction of sp³-hybridized carbons (Fsp3) is 0.167. The maximum Gasteiger partial charge on any atom is 0.185 e. The Labute approximate surface area is 98.6 Å². The Balaban J connectivity index is 2.39. The van der Waals surface area contributed by atoms with Gasteiger partial charge in [-0.05, 0) is 12.1 Å². The van der Waals surface area contributed by atoms with Crippen LogP contribution in [0.2, 0.25) is 0 Å². The van der Waals surface area contributed by atoms with E-state index in [4.69, 9.17) is 5.26 Å². The van der Waals surface area contributed by atoms with Crippen LogP contribution in [0.4, 0.5) is 5.13 Å². The first-order valence-electron chi connectivity index (χ1n) is 4.84. The zero-order valence-corrected chi connectivity index (χ0v) is 9.95. The molecule has 0 atom stereocenters. The van der Waals surface area contributed by atoms with Crippen molar-refractivity contribution in [2.45, 2.75) is 0 Å². The SMILES string of the molecule is CN(C)c1nc(-c2cccc(C#N)c2)cs1. The minimum Gasteiger partial charge on any atom is -0.354 e. The van der Waals surface area contributed by atoms with Crippen molar-refractivity contribution in [2.75, 3.05) is 19.0 Å². The van der Waals surface area contributed by atoms with Crippen LogP contribution in [0.25, 0.3) is 11.3 Å². The van der Waals surface area contributed by atoms with Crippen LogP contribution in [0, 0.1) is 11.3 Å². The second-order valence-electron chi connectivity index (χ2n) is 3.60. The lowest BCUT2D eigenvalue weighted by Crippen LogP contribution is -2.07. The Bertz CT molecular complexity index is 537. The Morgan fingerprint density at radius 3 is 2.81 bits per heavy atom. The van der Waals surface area contributed by atoms with Gasteiger partial charge in [0.25, 0.3) is 0 Å². The van der Waals surface area contributed by atoms with E-state index in [1.807, 2.05) is 42.6 Å². The standard InChI is InChI=1S/C12H11N3S/c1-15(2)12-14-11(8-16-12)10-5-3-4-9(6-10)7-13/h3-6,8H,1-2H3. The van der Waals surface area contributed by atoms with Crippen molar-refractivity contribution < 1.29 is 0 Å². The van der Waals surface area contributed by atoms with Crippen molar-refractivity contribution in [3.63, 3.8) is 0 Å². The predicted octanol–water partition coefficient (Wildman–Crippen LogP) is 2.75. The number of rotatable bonds is 2. The topological polar surface area (TPSA) is 39.9 Å². The molecule has 1 aromatic carbocycles. The van der Waals surface area contributed by atoms with Crippen LogP contribution in [-0.2, 0) is 0 Å². The molecule has 0 aliphatic rings. The third-order valence-electron chi connectivity index (χ3n) is 2.16. The average Bonchev–Trinajstić information content (AvgIpc) is 2.78. The van der Waals surface area contributed by atoms with Gasteiger partial charge in [0.15, 0.2) is 5.13 Å². The van der Waals surface area contributed by atoms with E-state index in [9.17, 15) is 0 Å². The summed E-state index contributed by atoms with van der Waals surface area (Å²) in [5.74, 6) is 0. The van der Waals surface area contributed by atoms with Gasteiger partial charge in [-0.2, -0.15) is 5.26 Å². The van der Waals surface area contributed by atoms with Gasteiger partial charge in [-0.25, -0.2) is 4.98 Å². The lowest BCUT2D eigenvalue weighted by molar-refractivity contribution is 1.11. The molecule has 0 saturated carbocycles. The molecule has 1 heterocycles. The number of hydrogen-bond donors (Lipinski definition) is 0. The van der Waals surface area contributed by atoms with Crippen LogP contribution in [0.3, 0.4) is 0 Å². The molecule has 1 aromatic heterocycles. The van der Waals surface area contributed by atoms with Crippen LogP contribution < -0.4 is 4.90 Å². The largest absolute Gasteiger partial charge is 0.354 e. The van der Waals surface area contributed by atoms with Crippen molar-refractivity contribution in [1.82, 2.24) is 4.98 Å². The molecule has 80 valence electrons. The summed E-state index contributed by atoms with van der Waals surface area (Å²) < 4.78 is 0. The minimum absolute atomic E-state index is 0.664.